The molecule has 5 rings (SSSR count). The Balaban J connectivity index is 1.36. The number of nitrogen functional groups attached to an aromatic ring is 1. The molecule has 186 valence electrons. The molecule has 36 heavy (non-hydrogen) atoms. The van der Waals surface area contributed by atoms with E-state index in [-0.39, 0.29) is 5.82 Å². The molecule has 0 bridgehead atoms. The zero-order chi connectivity index (χ0) is 24.9. The highest BCUT2D eigenvalue weighted by Crippen LogP contribution is 2.36. The number of anilines is 1. The molecule has 0 unspecified atom stereocenters. The molecule has 0 aliphatic carbocycles. The van der Waals surface area contributed by atoms with Gasteiger partial charge in [-0.15, -0.1) is 0 Å². The van der Waals surface area contributed by atoms with Gasteiger partial charge >= 0.3 is 0 Å². The first-order chi connectivity index (χ1) is 17.7. The van der Waals surface area contributed by atoms with Crippen LogP contribution in [0.15, 0.2) is 59.5 Å². The Bertz CT molecular complexity index is 1440. The van der Waals surface area contributed by atoms with Crippen molar-refractivity contribution in [3.8, 4) is 28.5 Å². The molecule has 0 atom stereocenters. The monoisotopic (exact) mass is 486 g/mol. The summed E-state index contributed by atoms with van der Waals surface area (Å²) in [5.41, 5.74) is 11.0. The molecule has 3 N–H and O–H groups in total. The Labute approximate surface area is 209 Å². The quantitative estimate of drug-likeness (QED) is 0.271. The van der Waals surface area contributed by atoms with Crippen LogP contribution in [0.3, 0.4) is 0 Å². The summed E-state index contributed by atoms with van der Waals surface area (Å²) in [7, 11) is 2.07. The van der Waals surface area contributed by atoms with Crippen LogP contribution >= 0.6 is 0 Å². The summed E-state index contributed by atoms with van der Waals surface area (Å²) in [6, 6.07) is 14.2. The SMILES string of the molecule is CCn1c(-c2nonc2N)nc2c(-c3ccccc3)ncc(OCCCNCCc3cccn3C)c21. The number of aromatic nitrogens is 6. The van der Waals surface area contributed by atoms with Crippen LogP contribution in [0.1, 0.15) is 19.0 Å². The van der Waals surface area contributed by atoms with E-state index in [1.807, 2.05) is 41.8 Å². The third kappa shape index (κ3) is 4.67. The summed E-state index contributed by atoms with van der Waals surface area (Å²) in [6.45, 7) is 5.01. The number of fused-ring (bicyclic) bond motifs is 1. The highest BCUT2D eigenvalue weighted by atomic mass is 16.6. The molecular formula is C26H30N8O2. The van der Waals surface area contributed by atoms with Gasteiger partial charge in [0.2, 0.25) is 0 Å². The second-order valence-electron chi connectivity index (χ2n) is 8.52. The van der Waals surface area contributed by atoms with Gasteiger partial charge in [-0.05, 0) is 42.3 Å². The Hall–Kier alpha value is -4.18. The van der Waals surface area contributed by atoms with Crippen molar-refractivity contribution >= 4 is 16.9 Å². The van der Waals surface area contributed by atoms with Crippen molar-refractivity contribution in [2.24, 2.45) is 7.05 Å². The van der Waals surface area contributed by atoms with Crippen molar-refractivity contribution in [3.05, 3.63) is 60.6 Å². The molecule has 0 amide bonds. The molecule has 0 radical (unpaired) electrons. The van der Waals surface area contributed by atoms with Gasteiger partial charge in [0.1, 0.15) is 11.0 Å². The second-order valence-corrected chi connectivity index (χ2v) is 8.52. The minimum Gasteiger partial charge on any atom is -0.490 e. The lowest BCUT2D eigenvalue weighted by molar-refractivity contribution is 0.309. The van der Waals surface area contributed by atoms with Crippen LogP contribution in [0.5, 0.6) is 5.75 Å². The van der Waals surface area contributed by atoms with Crippen molar-refractivity contribution in [2.75, 3.05) is 25.4 Å². The molecule has 0 fully saturated rings. The Morgan fingerprint density at radius 2 is 1.92 bits per heavy atom. The van der Waals surface area contributed by atoms with Crippen molar-refractivity contribution in [3.63, 3.8) is 0 Å². The number of rotatable bonds is 11. The summed E-state index contributed by atoms with van der Waals surface area (Å²) in [6.07, 6.45) is 5.70. The molecule has 1 aromatic carbocycles. The van der Waals surface area contributed by atoms with E-state index in [1.165, 1.54) is 5.69 Å². The number of nitrogens with two attached hydrogens (primary N) is 1. The Morgan fingerprint density at radius 1 is 1.06 bits per heavy atom. The highest BCUT2D eigenvalue weighted by molar-refractivity contribution is 5.95. The summed E-state index contributed by atoms with van der Waals surface area (Å²) in [5, 5.41) is 11.2. The van der Waals surface area contributed by atoms with Crippen LogP contribution < -0.4 is 15.8 Å². The Morgan fingerprint density at radius 3 is 2.64 bits per heavy atom. The molecule has 0 spiro atoms. The molecule has 0 saturated carbocycles. The van der Waals surface area contributed by atoms with Crippen LogP contribution in [0, 0.1) is 0 Å². The van der Waals surface area contributed by atoms with Crippen molar-refractivity contribution < 1.29 is 9.37 Å². The maximum Gasteiger partial charge on any atom is 0.199 e. The first-order valence-corrected chi connectivity index (χ1v) is 12.1. The Kier molecular flexibility index (Phi) is 6.94. The van der Waals surface area contributed by atoms with Crippen LogP contribution in [0.4, 0.5) is 5.82 Å². The van der Waals surface area contributed by atoms with E-state index in [4.69, 9.17) is 25.1 Å². The largest absolute Gasteiger partial charge is 0.490 e. The number of imidazole rings is 1. The number of hydrogen-bond acceptors (Lipinski definition) is 8. The van der Waals surface area contributed by atoms with Crippen molar-refractivity contribution in [1.82, 2.24) is 34.7 Å². The number of nitrogens with one attached hydrogen (secondary N) is 1. The lowest BCUT2D eigenvalue weighted by Gasteiger charge is -2.12. The number of ether oxygens (including phenoxy) is 1. The van der Waals surface area contributed by atoms with Gasteiger partial charge in [0.15, 0.2) is 23.1 Å². The third-order valence-corrected chi connectivity index (χ3v) is 6.19. The minimum absolute atomic E-state index is 0.193. The summed E-state index contributed by atoms with van der Waals surface area (Å²) < 4.78 is 15.2. The molecule has 4 heterocycles. The molecule has 10 heteroatoms. The molecule has 10 nitrogen and oxygen atoms in total. The van der Waals surface area contributed by atoms with E-state index in [0.717, 1.165) is 48.2 Å². The predicted molar refractivity (Wildman–Crippen MR) is 138 cm³/mol. The first kappa shape index (κ1) is 23.6. The zero-order valence-corrected chi connectivity index (χ0v) is 20.5. The molecule has 4 aromatic heterocycles. The van der Waals surface area contributed by atoms with Crippen LogP contribution in [0.2, 0.25) is 0 Å². The number of benzene rings is 1. The normalized spacial score (nSPS) is 11.4. The highest BCUT2D eigenvalue weighted by Gasteiger charge is 2.23. The standard InChI is InChI=1S/C26H30N8O2/c1-3-34-24-20(35-16-8-13-28-14-12-19-11-7-15-33(19)2)17-29-21(18-9-5-4-6-10-18)22(24)30-26(34)23-25(27)32-36-31-23/h4-7,9-11,15,17,28H,3,8,12-14,16H2,1-2H3,(H2,27,32). The zero-order valence-electron chi connectivity index (χ0n) is 20.5. The molecule has 5 aromatic rings. The van der Waals surface area contributed by atoms with Gasteiger partial charge in [-0.25, -0.2) is 14.6 Å². The summed E-state index contributed by atoms with van der Waals surface area (Å²) in [5.74, 6) is 1.44. The maximum atomic E-state index is 6.23. The van der Waals surface area contributed by atoms with E-state index < -0.39 is 0 Å². The van der Waals surface area contributed by atoms with E-state index in [2.05, 4.69) is 45.6 Å². The second kappa shape index (κ2) is 10.6. The van der Waals surface area contributed by atoms with Gasteiger partial charge < -0.3 is 24.9 Å². The van der Waals surface area contributed by atoms with Crippen molar-refractivity contribution in [2.45, 2.75) is 26.3 Å². The van der Waals surface area contributed by atoms with Gasteiger partial charge in [-0.3, -0.25) is 0 Å². The summed E-state index contributed by atoms with van der Waals surface area (Å²) >= 11 is 0. The van der Waals surface area contributed by atoms with Crippen LogP contribution in [-0.2, 0) is 20.0 Å². The molecular weight excluding hydrogens is 456 g/mol. The average molecular weight is 487 g/mol. The number of pyridine rings is 1. The summed E-state index contributed by atoms with van der Waals surface area (Å²) in [4.78, 5) is 9.61. The number of aryl methyl sites for hydroxylation is 2. The lowest BCUT2D eigenvalue weighted by atomic mass is 10.1. The van der Waals surface area contributed by atoms with Crippen LogP contribution in [-0.4, -0.2) is 49.1 Å². The van der Waals surface area contributed by atoms with E-state index >= 15 is 0 Å². The van der Waals surface area contributed by atoms with E-state index in [0.29, 0.717) is 30.4 Å². The van der Waals surface area contributed by atoms with Crippen molar-refractivity contribution in [1.29, 1.82) is 0 Å². The fourth-order valence-electron chi connectivity index (χ4n) is 4.34. The van der Waals surface area contributed by atoms with Crippen LogP contribution in [0.25, 0.3) is 33.8 Å². The van der Waals surface area contributed by atoms with Gasteiger partial charge in [0.25, 0.3) is 0 Å². The predicted octanol–water partition coefficient (Wildman–Crippen LogP) is 3.69. The number of nitrogens with zero attached hydrogens (tertiary/aromatic N) is 6. The van der Waals surface area contributed by atoms with E-state index in [9.17, 15) is 0 Å². The number of hydrogen-bond donors (Lipinski definition) is 2. The molecule has 0 saturated heterocycles. The minimum atomic E-state index is 0.193. The first-order valence-electron chi connectivity index (χ1n) is 12.1. The third-order valence-electron chi connectivity index (χ3n) is 6.19. The van der Waals surface area contributed by atoms with Gasteiger partial charge in [-0.1, -0.05) is 30.3 Å². The maximum absolute atomic E-state index is 6.23. The lowest BCUT2D eigenvalue weighted by Crippen LogP contribution is -2.21. The molecule has 0 aliphatic rings. The smallest absolute Gasteiger partial charge is 0.199 e. The van der Waals surface area contributed by atoms with Gasteiger partial charge in [-0.2, -0.15) is 0 Å². The fourth-order valence-corrected chi connectivity index (χ4v) is 4.34. The van der Waals surface area contributed by atoms with E-state index in [1.54, 1.807) is 6.20 Å². The van der Waals surface area contributed by atoms with Gasteiger partial charge in [0.05, 0.1) is 18.5 Å². The van der Waals surface area contributed by atoms with Gasteiger partial charge in [0, 0.05) is 44.0 Å². The average Bonchev–Trinajstić information content (AvgIpc) is 3.61. The fraction of sp³-hybridized carbons (Fsp3) is 0.308. The topological polar surface area (TPSA) is 122 Å². The molecule has 0 aliphatic heterocycles.